The van der Waals surface area contributed by atoms with Crippen LogP contribution in [-0.2, 0) is 13.1 Å². The molecule has 0 spiro atoms. The minimum atomic E-state index is -0.146. The number of nitrogens with one attached hydrogen (secondary N) is 1. The summed E-state index contributed by atoms with van der Waals surface area (Å²) in [5.41, 5.74) is 3.17. The molecule has 0 aliphatic heterocycles. The van der Waals surface area contributed by atoms with E-state index >= 15 is 0 Å². The first-order chi connectivity index (χ1) is 11.6. The fourth-order valence-electron chi connectivity index (χ4n) is 2.29. The van der Waals surface area contributed by atoms with Crippen LogP contribution in [0.5, 0.6) is 5.75 Å². The molecular formula is C19H24N2O3. The number of hydrogen-bond donors (Lipinski definition) is 2. The summed E-state index contributed by atoms with van der Waals surface area (Å²) in [4.78, 5) is 13.9. The lowest BCUT2D eigenvalue weighted by Crippen LogP contribution is -2.36. The van der Waals surface area contributed by atoms with Gasteiger partial charge in [-0.05, 0) is 18.6 Å². The Balaban J connectivity index is 1.89. The zero-order chi connectivity index (χ0) is 17.4. The predicted molar refractivity (Wildman–Crippen MR) is 93.9 cm³/mol. The second kappa shape index (κ2) is 8.93. The highest BCUT2D eigenvalue weighted by atomic mass is 16.5. The maximum Gasteiger partial charge on any atom is 0.317 e. The Morgan fingerprint density at radius 2 is 1.88 bits per heavy atom. The number of amides is 2. The van der Waals surface area contributed by atoms with Crippen LogP contribution < -0.4 is 10.1 Å². The van der Waals surface area contributed by atoms with Crippen LogP contribution in [0.2, 0.25) is 0 Å². The molecule has 0 atom stereocenters. The first kappa shape index (κ1) is 17.8. The Bertz CT molecular complexity index is 656. The molecule has 0 aliphatic carbocycles. The van der Waals surface area contributed by atoms with Gasteiger partial charge in [-0.3, -0.25) is 0 Å². The molecule has 5 heteroatoms. The van der Waals surface area contributed by atoms with E-state index in [1.165, 1.54) is 5.56 Å². The third kappa shape index (κ3) is 5.28. The molecular weight excluding hydrogens is 304 g/mol. The minimum absolute atomic E-state index is 0.0417. The first-order valence-electron chi connectivity index (χ1n) is 7.96. The second-order valence-electron chi connectivity index (χ2n) is 5.68. The second-order valence-corrected chi connectivity index (χ2v) is 5.68. The molecule has 0 aliphatic rings. The van der Waals surface area contributed by atoms with Gasteiger partial charge in [-0.1, -0.05) is 48.0 Å². The van der Waals surface area contributed by atoms with Gasteiger partial charge in [0.2, 0.25) is 0 Å². The number of carbonyl (C=O) groups is 1. The number of benzene rings is 2. The SMILES string of the molecule is Cc1ccc(CN(C)C(=O)NCc2ccccc2OCCO)cc1. The van der Waals surface area contributed by atoms with Crippen LogP contribution in [0.3, 0.4) is 0 Å². The van der Waals surface area contributed by atoms with Gasteiger partial charge >= 0.3 is 6.03 Å². The van der Waals surface area contributed by atoms with Crippen LogP contribution >= 0.6 is 0 Å². The molecule has 0 saturated heterocycles. The summed E-state index contributed by atoms with van der Waals surface area (Å²) in [6.07, 6.45) is 0. The molecule has 2 aromatic rings. The van der Waals surface area contributed by atoms with Crippen LogP contribution in [-0.4, -0.2) is 36.3 Å². The van der Waals surface area contributed by atoms with E-state index in [1.807, 2.05) is 55.5 Å². The number of rotatable bonds is 7. The van der Waals surface area contributed by atoms with Crippen molar-refractivity contribution in [3.05, 3.63) is 65.2 Å². The Morgan fingerprint density at radius 3 is 2.58 bits per heavy atom. The summed E-state index contributed by atoms with van der Waals surface area (Å²) >= 11 is 0. The third-order valence-corrected chi connectivity index (χ3v) is 3.64. The fraction of sp³-hybridized carbons (Fsp3) is 0.316. The van der Waals surface area contributed by atoms with Crippen molar-refractivity contribution in [2.75, 3.05) is 20.3 Å². The van der Waals surface area contributed by atoms with E-state index in [0.29, 0.717) is 18.8 Å². The molecule has 2 N–H and O–H groups in total. The molecule has 128 valence electrons. The molecule has 2 aromatic carbocycles. The van der Waals surface area contributed by atoms with Gasteiger partial charge in [-0.2, -0.15) is 0 Å². The van der Waals surface area contributed by atoms with Crippen LogP contribution in [0.25, 0.3) is 0 Å². The van der Waals surface area contributed by atoms with E-state index in [-0.39, 0.29) is 19.2 Å². The number of hydrogen-bond acceptors (Lipinski definition) is 3. The molecule has 0 fully saturated rings. The van der Waals surface area contributed by atoms with E-state index in [1.54, 1.807) is 11.9 Å². The van der Waals surface area contributed by atoms with E-state index < -0.39 is 0 Å². The third-order valence-electron chi connectivity index (χ3n) is 3.64. The van der Waals surface area contributed by atoms with Crippen molar-refractivity contribution in [3.63, 3.8) is 0 Å². The number of para-hydroxylation sites is 1. The maximum atomic E-state index is 12.2. The quantitative estimate of drug-likeness (QED) is 0.821. The Labute approximate surface area is 142 Å². The number of nitrogens with zero attached hydrogens (tertiary/aromatic N) is 1. The number of ether oxygens (including phenoxy) is 1. The number of aryl methyl sites for hydroxylation is 1. The molecule has 24 heavy (non-hydrogen) atoms. The van der Waals surface area contributed by atoms with Crippen LogP contribution in [0.1, 0.15) is 16.7 Å². The predicted octanol–water partition coefficient (Wildman–Crippen LogP) is 2.71. The fourth-order valence-corrected chi connectivity index (χ4v) is 2.29. The van der Waals surface area contributed by atoms with Crippen molar-refractivity contribution in [1.82, 2.24) is 10.2 Å². The highest BCUT2D eigenvalue weighted by Crippen LogP contribution is 2.17. The van der Waals surface area contributed by atoms with Crippen LogP contribution in [0, 0.1) is 6.92 Å². The number of carbonyl (C=O) groups excluding carboxylic acids is 1. The lowest BCUT2D eigenvalue weighted by atomic mass is 10.1. The van der Waals surface area contributed by atoms with Crippen LogP contribution in [0.4, 0.5) is 4.79 Å². The van der Waals surface area contributed by atoms with Gasteiger partial charge in [-0.15, -0.1) is 0 Å². The van der Waals surface area contributed by atoms with Crippen LogP contribution in [0.15, 0.2) is 48.5 Å². The molecule has 0 saturated carbocycles. The Kier molecular flexibility index (Phi) is 6.63. The van der Waals surface area contributed by atoms with Gasteiger partial charge < -0.3 is 20.1 Å². The summed E-state index contributed by atoms with van der Waals surface area (Å²) in [5, 5.41) is 11.8. The van der Waals surface area contributed by atoms with Gasteiger partial charge in [0.25, 0.3) is 0 Å². The molecule has 0 unspecified atom stereocenters. The van der Waals surface area contributed by atoms with Crippen molar-refractivity contribution in [3.8, 4) is 5.75 Å². The average Bonchev–Trinajstić information content (AvgIpc) is 2.60. The Morgan fingerprint density at radius 1 is 1.17 bits per heavy atom. The average molecular weight is 328 g/mol. The summed E-state index contributed by atoms with van der Waals surface area (Å²) in [7, 11) is 1.77. The lowest BCUT2D eigenvalue weighted by molar-refractivity contribution is 0.198. The number of urea groups is 1. The van der Waals surface area contributed by atoms with Gasteiger partial charge in [0.1, 0.15) is 12.4 Å². The minimum Gasteiger partial charge on any atom is -0.491 e. The van der Waals surface area contributed by atoms with E-state index in [9.17, 15) is 4.79 Å². The standard InChI is InChI=1S/C19H24N2O3/c1-15-7-9-16(10-8-15)14-21(2)19(23)20-13-17-5-3-4-6-18(17)24-12-11-22/h3-10,22H,11-14H2,1-2H3,(H,20,23). The van der Waals surface area contributed by atoms with Gasteiger partial charge in [-0.25, -0.2) is 4.79 Å². The topological polar surface area (TPSA) is 61.8 Å². The molecule has 2 rings (SSSR count). The molecule has 0 heterocycles. The first-order valence-corrected chi connectivity index (χ1v) is 7.96. The van der Waals surface area contributed by atoms with Crippen molar-refractivity contribution in [2.45, 2.75) is 20.0 Å². The summed E-state index contributed by atoms with van der Waals surface area (Å²) in [6, 6.07) is 15.5. The number of aliphatic hydroxyl groups is 1. The highest BCUT2D eigenvalue weighted by molar-refractivity contribution is 5.73. The van der Waals surface area contributed by atoms with Crippen molar-refractivity contribution < 1.29 is 14.6 Å². The highest BCUT2D eigenvalue weighted by Gasteiger charge is 2.10. The molecule has 2 amide bonds. The lowest BCUT2D eigenvalue weighted by Gasteiger charge is -2.19. The summed E-state index contributed by atoms with van der Waals surface area (Å²) in [5.74, 6) is 0.674. The Hall–Kier alpha value is -2.53. The summed E-state index contributed by atoms with van der Waals surface area (Å²) < 4.78 is 5.47. The molecule has 0 radical (unpaired) electrons. The van der Waals surface area contributed by atoms with E-state index in [2.05, 4.69) is 5.32 Å². The van der Waals surface area contributed by atoms with E-state index in [4.69, 9.17) is 9.84 Å². The largest absolute Gasteiger partial charge is 0.491 e. The normalized spacial score (nSPS) is 10.3. The smallest absolute Gasteiger partial charge is 0.317 e. The maximum absolute atomic E-state index is 12.2. The van der Waals surface area contributed by atoms with Crippen molar-refractivity contribution >= 4 is 6.03 Å². The van der Waals surface area contributed by atoms with Crippen molar-refractivity contribution in [1.29, 1.82) is 0 Å². The summed E-state index contributed by atoms with van der Waals surface area (Å²) in [6.45, 7) is 3.15. The van der Waals surface area contributed by atoms with Gasteiger partial charge in [0.15, 0.2) is 0 Å². The van der Waals surface area contributed by atoms with E-state index in [0.717, 1.165) is 11.1 Å². The molecule has 0 bridgehead atoms. The monoisotopic (exact) mass is 328 g/mol. The molecule has 0 aromatic heterocycles. The molecule has 5 nitrogen and oxygen atoms in total. The zero-order valence-corrected chi connectivity index (χ0v) is 14.2. The number of aliphatic hydroxyl groups excluding tert-OH is 1. The zero-order valence-electron chi connectivity index (χ0n) is 14.2. The van der Waals surface area contributed by atoms with Gasteiger partial charge in [0.05, 0.1) is 6.61 Å². The van der Waals surface area contributed by atoms with Gasteiger partial charge in [0, 0.05) is 25.7 Å². The van der Waals surface area contributed by atoms with Crippen molar-refractivity contribution in [2.24, 2.45) is 0 Å².